The summed E-state index contributed by atoms with van der Waals surface area (Å²) < 4.78 is 0. The van der Waals surface area contributed by atoms with Crippen LogP contribution >= 0.6 is 0 Å². The first-order valence-electron chi connectivity index (χ1n) is 5.75. The van der Waals surface area contributed by atoms with E-state index in [9.17, 15) is 9.59 Å². The van der Waals surface area contributed by atoms with Crippen LogP contribution in [-0.4, -0.2) is 23.9 Å². The van der Waals surface area contributed by atoms with E-state index in [4.69, 9.17) is 0 Å². The number of hydrogen-bond donors (Lipinski definition) is 2. The molecule has 1 aliphatic heterocycles. The third-order valence-corrected chi connectivity index (χ3v) is 3.42. The van der Waals surface area contributed by atoms with Crippen molar-refractivity contribution in [3.8, 4) is 0 Å². The van der Waals surface area contributed by atoms with Crippen LogP contribution in [0.15, 0.2) is 0 Å². The predicted molar refractivity (Wildman–Crippen MR) is 56.1 cm³/mol. The van der Waals surface area contributed by atoms with Crippen molar-refractivity contribution in [2.45, 2.75) is 51.1 Å². The quantitative estimate of drug-likeness (QED) is 0.655. The first kappa shape index (κ1) is 10.6. The zero-order valence-corrected chi connectivity index (χ0v) is 9.08. The zero-order valence-electron chi connectivity index (χ0n) is 9.08. The summed E-state index contributed by atoms with van der Waals surface area (Å²) in [7, 11) is 0. The Morgan fingerprint density at radius 3 is 2.40 bits per heavy atom. The fraction of sp³-hybridized carbons (Fsp3) is 0.818. The van der Waals surface area contributed by atoms with E-state index in [2.05, 4.69) is 17.6 Å². The molecule has 0 aromatic heterocycles. The Kier molecular flexibility index (Phi) is 3.05. The molecule has 2 amide bonds. The van der Waals surface area contributed by atoms with Crippen molar-refractivity contribution in [2.24, 2.45) is 5.92 Å². The molecule has 1 saturated heterocycles. The highest BCUT2D eigenvalue weighted by molar-refractivity contribution is 6.05. The number of hydrogen-bond acceptors (Lipinski definition) is 3. The van der Waals surface area contributed by atoms with Crippen LogP contribution in [0.4, 0.5) is 0 Å². The van der Waals surface area contributed by atoms with E-state index in [0.717, 1.165) is 18.8 Å². The average molecular weight is 210 g/mol. The molecule has 2 rings (SSSR count). The Hall–Kier alpha value is -0.900. The maximum absolute atomic E-state index is 11.3. The van der Waals surface area contributed by atoms with Gasteiger partial charge >= 0.3 is 0 Å². The van der Waals surface area contributed by atoms with E-state index in [1.807, 2.05) is 0 Å². The summed E-state index contributed by atoms with van der Waals surface area (Å²) in [6.45, 7) is 2.27. The van der Waals surface area contributed by atoms with E-state index >= 15 is 0 Å². The SMILES string of the molecule is CC1CCC(NC2CC(=O)NC2=O)CC1. The van der Waals surface area contributed by atoms with Gasteiger partial charge in [-0.05, 0) is 31.6 Å². The van der Waals surface area contributed by atoms with E-state index in [1.165, 1.54) is 12.8 Å². The molecule has 2 aliphatic rings. The van der Waals surface area contributed by atoms with Gasteiger partial charge in [0, 0.05) is 6.04 Å². The van der Waals surface area contributed by atoms with Crippen molar-refractivity contribution in [1.82, 2.24) is 10.6 Å². The fourth-order valence-electron chi connectivity index (χ4n) is 2.40. The Bertz CT molecular complexity index is 270. The fourth-order valence-corrected chi connectivity index (χ4v) is 2.40. The number of nitrogens with one attached hydrogen (secondary N) is 2. The van der Waals surface area contributed by atoms with Crippen molar-refractivity contribution in [1.29, 1.82) is 0 Å². The predicted octanol–water partition coefficient (Wildman–Crippen LogP) is 0.570. The Morgan fingerprint density at radius 1 is 1.20 bits per heavy atom. The van der Waals surface area contributed by atoms with Crippen molar-refractivity contribution in [3.05, 3.63) is 0 Å². The molecule has 0 aromatic carbocycles. The highest BCUT2D eigenvalue weighted by Gasteiger charge is 2.32. The summed E-state index contributed by atoms with van der Waals surface area (Å²) in [6.07, 6.45) is 5.00. The van der Waals surface area contributed by atoms with Crippen molar-refractivity contribution in [3.63, 3.8) is 0 Å². The molecule has 4 heteroatoms. The summed E-state index contributed by atoms with van der Waals surface area (Å²) >= 11 is 0. The van der Waals surface area contributed by atoms with Crippen molar-refractivity contribution in [2.75, 3.05) is 0 Å². The summed E-state index contributed by atoms with van der Waals surface area (Å²) in [5.41, 5.74) is 0. The minimum Gasteiger partial charge on any atom is -0.303 e. The van der Waals surface area contributed by atoms with Gasteiger partial charge in [0.05, 0.1) is 12.5 Å². The van der Waals surface area contributed by atoms with Crippen LogP contribution in [0.1, 0.15) is 39.0 Å². The monoisotopic (exact) mass is 210 g/mol. The standard InChI is InChI=1S/C11H18N2O2/c1-7-2-4-8(5-3-7)12-9-6-10(14)13-11(9)15/h7-9,12H,2-6H2,1H3,(H,13,14,15). The Labute approximate surface area is 89.8 Å². The van der Waals surface area contributed by atoms with E-state index < -0.39 is 0 Å². The van der Waals surface area contributed by atoms with Crippen molar-refractivity contribution < 1.29 is 9.59 Å². The zero-order chi connectivity index (χ0) is 10.8. The summed E-state index contributed by atoms with van der Waals surface area (Å²) in [5, 5.41) is 5.61. The molecule has 0 spiro atoms. The lowest BCUT2D eigenvalue weighted by Gasteiger charge is -2.28. The van der Waals surface area contributed by atoms with Crippen LogP contribution in [-0.2, 0) is 9.59 Å². The lowest BCUT2D eigenvalue weighted by Crippen LogP contribution is -2.44. The number of rotatable bonds is 2. The van der Waals surface area contributed by atoms with Crippen LogP contribution in [0.2, 0.25) is 0 Å². The van der Waals surface area contributed by atoms with Gasteiger partial charge in [0.25, 0.3) is 0 Å². The largest absolute Gasteiger partial charge is 0.303 e. The van der Waals surface area contributed by atoms with Crippen molar-refractivity contribution >= 4 is 11.8 Å². The molecule has 0 aromatic rings. The minimum absolute atomic E-state index is 0.151. The molecule has 0 bridgehead atoms. The molecule has 1 aliphatic carbocycles. The normalized spacial score (nSPS) is 36.7. The molecule has 0 radical (unpaired) electrons. The highest BCUT2D eigenvalue weighted by atomic mass is 16.2. The Balaban J connectivity index is 1.82. The number of imide groups is 1. The molecule has 15 heavy (non-hydrogen) atoms. The molecule has 1 unspecified atom stereocenters. The first-order valence-corrected chi connectivity index (χ1v) is 5.75. The van der Waals surface area contributed by atoms with E-state index in [0.29, 0.717) is 12.5 Å². The van der Waals surface area contributed by atoms with Gasteiger partial charge in [-0.3, -0.25) is 14.9 Å². The third kappa shape index (κ3) is 2.56. The summed E-state index contributed by atoms with van der Waals surface area (Å²) in [4.78, 5) is 22.3. The van der Waals surface area contributed by atoms with Crippen LogP contribution < -0.4 is 10.6 Å². The minimum atomic E-state index is -0.282. The second-order valence-corrected chi connectivity index (χ2v) is 4.79. The lowest BCUT2D eigenvalue weighted by molar-refractivity contribution is -0.125. The molecule has 84 valence electrons. The van der Waals surface area contributed by atoms with Gasteiger partial charge in [0.15, 0.2) is 0 Å². The molecule has 1 heterocycles. The number of amides is 2. The topological polar surface area (TPSA) is 58.2 Å². The van der Waals surface area contributed by atoms with Gasteiger partial charge in [-0.15, -0.1) is 0 Å². The second-order valence-electron chi connectivity index (χ2n) is 4.79. The van der Waals surface area contributed by atoms with Gasteiger partial charge in [0.2, 0.25) is 11.8 Å². The average Bonchev–Trinajstić information content (AvgIpc) is 2.49. The second kappa shape index (κ2) is 4.31. The van der Waals surface area contributed by atoms with E-state index in [-0.39, 0.29) is 17.9 Å². The van der Waals surface area contributed by atoms with Gasteiger partial charge in [-0.1, -0.05) is 6.92 Å². The van der Waals surface area contributed by atoms with Gasteiger partial charge in [-0.2, -0.15) is 0 Å². The van der Waals surface area contributed by atoms with Crippen LogP contribution in [0.3, 0.4) is 0 Å². The molecule has 1 atom stereocenters. The van der Waals surface area contributed by atoms with Gasteiger partial charge in [-0.25, -0.2) is 0 Å². The highest BCUT2D eigenvalue weighted by Crippen LogP contribution is 2.24. The smallest absolute Gasteiger partial charge is 0.244 e. The summed E-state index contributed by atoms with van der Waals surface area (Å²) in [6, 6.07) is 0.138. The molecular formula is C11H18N2O2. The Morgan fingerprint density at radius 2 is 1.87 bits per heavy atom. The van der Waals surface area contributed by atoms with Gasteiger partial charge < -0.3 is 5.32 Å². The lowest BCUT2D eigenvalue weighted by atomic mass is 9.87. The van der Waals surface area contributed by atoms with Crippen LogP contribution in [0.5, 0.6) is 0 Å². The maximum Gasteiger partial charge on any atom is 0.244 e. The summed E-state index contributed by atoms with van der Waals surface area (Å²) in [5.74, 6) is 0.502. The molecular weight excluding hydrogens is 192 g/mol. The van der Waals surface area contributed by atoms with Gasteiger partial charge in [0.1, 0.15) is 0 Å². The van der Waals surface area contributed by atoms with Crippen LogP contribution in [0.25, 0.3) is 0 Å². The molecule has 2 fully saturated rings. The third-order valence-electron chi connectivity index (χ3n) is 3.42. The van der Waals surface area contributed by atoms with Crippen LogP contribution in [0, 0.1) is 5.92 Å². The maximum atomic E-state index is 11.3. The molecule has 1 saturated carbocycles. The number of carbonyl (C=O) groups is 2. The first-order chi connectivity index (χ1) is 7.15. The number of carbonyl (C=O) groups excluding carboxylic acids is 2. The molecule has 2 N–H and O–H groups in total. The molecule has 4 nitrogen and oxygen atoms in total. The van der Waals surface area contributed by atoms with E-state index in [1.54, 1.807) is 0 Å².